The smallest absolute Gasteiger partial charge is 0.135 e. The highest BCUT2D eigenvalue weighted by Gasteiger charge is 2.45. The molecule has 1 aromatic rings. The van der Waals surface area contributed by atoms with Crippen molar-refractivity contribution >= 4 is 17.4 Å². The minimum Gasteiger partial charge on any atom is -0.369 e. The Labute approximate surface area is 113 Å². The van der Waals surface area contributed by atoms with Crippen molar-refractivity contribution in [3.05, 3.63) is 17.0 Å². The lowest BCUT2D eigenvalue weighted by molar-refractivity contribution is 0.380. The molecule has 2 fully saturated rings. The third-order valence-corrected chi connectivity index (χ3v) is 4.59. The van der Waals surface area contributed by atoms with E-state index in [0.29, 0.717) is 16.5 Å². The first-order valence-corrected chi connectivity index (χ1v) is 7.25. The van der Waals surface area contributed by atoms with E-state index in [0.717, 1.165) is 24.1 Å². The standard InChI is InChI=1S/C14H20ClN3/c1-9(2)14(5-6-14)8-16-12-7-11(15)17-13(18-12)10-3-4-10/h7,9-10H,3-6,8H2,1-2H3,(H,16,17,18). The molecule has 0 aromatic carbocycles. The molecule has 1 aromatic heterocycles. The maximum atomic E-state index is 6.06. The summed E-state index contributed by atoms with van der Waals surface area (Å²) in [5.74, 6) is 3.08. The fourth-order valence-electron chi connectivity index (χ4n) is 2.44. The van der Waals surface area contributed by atoms with Gasteiger partial charge in [0.1, 0.15) is 16.8 Å². The third kappa shape index (κ3) is 2.46. The van der Waals surface area contributed by atoms with Crippen molar-refractivity contribution in [3.63, 3.8) is 0 Å². The molecule has 2 saturated carbocycles. The quantitative estimate of drug-likeness (QED) is 0.822. The highest BCUT2D eigenvalue weighted by molar-refractivity contribution is 6.29. The lowest BCUT2D eigenvalue weighted by Crippen LogP contribution is -2.21. The monoisotopic (exact) mass is 265 g/mol. The Hall–Kier alpha value is -0.830. The van der Waals surface area contributed by atoms with E-state index in [2.05, 4.69) is 29.1 Å². The zero-order chi connectivity index (χ0) is 12.8. The van der Waals surface area contributed by atoms with Crippen molar-refractivity contribution in [1.29, 1.82) is 0 Å². The van der Waals surface area contributed by atoms with Crippen LogP contribution in [-0.4, -0.2) is 16.5 Å². The second kappa shape index (κ2) is 4.37. The molecule has 0 aliphatic heterocycles. The summed E-state index contributed by atoms with van der Waals surface area (Å²) in [4.78, 5) is 8.88. The van der Waals surface area contributed by atoms with Gasteiger partial charge < -0.3 is 5.32 Å². The lowest BCUT2D eigenvalue weighted by atomic mass is 9.92. The summed E-state index contributed by atoms with van der Waals surface area (Å²) < 4.78 is 0. The maximum Gasteiger partial charge on any atom is 0.135 e. The summed E-state index contributed by atoms with van der Waals surface area (Å²) >= 11 is 6.06. The number of halogens is 1. The van der Waals surface area contributed by atoms with Gasteiger partial charge in [0.05, 0.1) is 0 Å². The average molecular weight is 266 g/mol. The van der Waals surface area contributed by atoms with Crippen LogP contribution in [0.15, 0.2) is 6.07 Å². The summed E-state index contributed by atoms with van der Waals surface area (Å²) in [5, 5.41) is 4.02. The first-order chi connectivity index (χ1) is 8.59. The van der Waals surface area contributed by atoms with Crippen molar-refractivity contribution < 1.29 is 0 Å². The Balaban J connectivity index is 1.69. The van der Waals surface area contributed by atoms with Crippen LogP contribution in [0, 0.1) is 11.3 Å². The SMILES string of the molecule is CC(C)C1(CNc2cc(Cl)nc(C3CC3)n2)CC1. The Bertz CT molecular complexity index is 450. The van der Waals surface area contributed by atoms with Crippen LogP contribution in [-0.2, 0) is 0 Å². The number of hydrogen-bond donors (Lipinski definition) is 1. The normalized spacial score (nSPS) is 21.1. The van der Waals surface area contributed by atoms with Crippen LogP contribution < -0.4 is 5.32 Å². The van der Waals surface area contributed by atoms with Crippen molar-refractivity contribution in [3.8, 4) is 0 Å². The second-order valence-electron chi connectivity index (χ2n) is 6.08. The molecule has 4 heteroatoms. The van der Waals surface area contributed by atoms with Crippen molar-refractivity contribution in [2.75, 3.05) is 11.9 Å². The highest BCUT2D eigenvalue weighted by Crippen LogP contribution is 2.51. The van der Waals surface area contributed by atoms with E-state index < -0.39 is 0 Å². The zero-order valence-corrected chi connectivity index (χ0v) is 11.8. The van der Waals surface area contributed by atoms with E-state index in [-0.39, 0.29) is 0 Å². The van der Waals surface area contributed by atoms with E-state index in [1.54, 1.807) is 0 Å². The third-order valence-electron chi connectivity index (χ3n) is 4.39. The molecular weight excluding hydrogens is 246 g/mol. The number of hydrogen-bond acceptors (Lipinski definition) is 3. The molecule has 1 N–H and O–H groups in total. The van der Waals surface area contributed by atoms with E-state index >= 15 is 0 Å². The van der Waals surface area contributed by atoms with Gasteiger partial charge in [-0.3, -0.25) is 0 Å². The van der Waals surface area contributed by atoms with E-state index in [9.17, 15) is 0 Å². The van der Waals surface area contributed by atoms with Crippen molar-refractivity contribution in [2.24, 2.45) is 11.3 Å². The van der Waals surface area contributed by atoms with E-state index in [1.165, 1.54) is 25.7 Å². The molecule has 0 atom stereocenters. The van der Waals surface area contributed by atoms with Gasteiger partial charge in [-0.2, -0.15) is 0 Å². The topological polar surface area (TPSA) is 37.8 Å². The Kier molecular flexibility index (Phi) is 2.97. The van der Waals surface area contributed by atoms with Crippen LogP contribution in [0.5, 0.6) is 0 Å². The van der Waals surface area contributed by atoms with Gasteiger partial charge in [-0.1, -0.05) is 25.4 Å². The van der Waals surface area contributed by atoms with Crippen LogP contribution in [0.25, 0.3) is 0 Å². The Morgan fingerprint density at radius 2 is 2.11 bits per heavy atom. The first kappa shape index (κ1) is 12.2. The molecule has 3 rings (SSSR count). The van der Waals surface area contributed by atoms with Gasteiger partial charge in [0.15, 0.2) is 0 Å². The van der Waals surface area contributed by atoms with Gasteiger partial charge >= 0.3 is 0 Å². The molecular formula is C14H20ClN3. The number of nitrogens with zero attached hydrogens (tertiary/aromatic N) is 2. The second-order valence-corrected chi connectivity index (χ2v) is 6.47. The summed E-state index contributed by atoms with van der Waals surface area (Å²) in [6.07, 6.45) is 5.06. The van der Waals surface area contributed by atoms with Gasteiger partial charge in [0.25, 0.3) is 0 Å². The van der Waals surface area contributed by atoms with Crippen molar-refractivity contribution in [2.45, 2.75) is 45.4 Å². The fraction of sp³-hybridized carbons (Fsp3) is 0.714. The minimum atomic E-state index is 0.483. The molecule has 3 nitrogen and oxygen atoms in total. The van der Waals surface area contributed by atoms with Crippen LogP contribution in [0.4, 0.5) is 5.82 Å². The number of nitrogens with one attached hydrogen (secondary N) is 1. The molecule has 2 aliphatic rings. The van der Waals surface area contributed by atoms with Gasteiger partial charge in [0, 0.05) is 18.5 Å². The average Bonchev–Trinajstić information content (AvgIpc) is 3.18. The van der Waals surface area contributed by atoms with Gasteiger partial charge in [-0.25, -0.2) is 9.97 Å². The van der Waals surface area contributed by atoms with Crippen LogP contribution in [0.2, 0.25) is 5.15 Å². The minimum absolute atomic E-state index is 0.483. The molecule has 0 saturated heterocycles. The van der Waals surface area contributed by atoms with Gasteiger partial charge in [-0.15, -0.1) is 0 Å². The van der Waals surface area contributed by atoms with Crippen LogP contribution in [0.1, 0.15) is 51.3 Å². The summed E-state index contributed by atoms with van der Waals surface area (Å²) in [6, 6.07) is 1.84. The highest BCUT2D eigenvalue weighted by atomic mass is 35.5. The number of rotatable bonds is 5. The molecule has 2 aliphatic carbocycles. The lowest BCUT2D eigenvalue weighted by Gasteiger charge is -2.20. The summed E-state index contributed by atoms with van der Waals surface area (Å²) in [7, 11) is 0. The largest absolute Gasteiger partial charge is 0.369 e. The molecule has 0 bridgehead atoms. The van der Waals surface area contributed by atoms with Gasteiger partial charge in [0.2, 0.25) is 0 Å². The van der Waals surface area contributed by atoms with Crippen LogP contribution >= 0.6 is 11.6 Å². The molecule has 0 radical (unpaired) electrons. The predicted molar refractivity (Wildman–Crippen MR) is 74.0 cm³/mol. The molecule has 18 heavy (non-hydrogen) atoms. The maximum absolute atomic E-state index is 6.06. The summed E-state index contributed by atoms with van der Waals surface area (Å²) in [5.41, 5.74) is 0.483. The number of anilines is 1. The predicted octanol–water partition coefficient (Wildman–Crippen LogP) is 3.86. The van der Waals surface area contributed by atoms with Crippen molar-refractivity contribution in [1.82, 2.24) is 9.97 Å². The Morgan fingerprint density at radius 3 is 2.67 bits per heavy atom. The zero-order valence-electron chi connectivity index (χ0n) is 11.0. The molecule has 0 unspecified atom stereocenters. The van der Waals surface area contributed by atoms with Crippen LogP contribution in [0.3, 0.4) is 0 Å². The fourth-order valence-corrected chi connectivity index (χ4v) is 2.63. The molecule has 1 heterocycles. The molecule has 0 spiro atoms. The Morgan fingerprint density at radius 1 is 1.39 bits per heavy atom. The van der Waals surface area contributed by atoms with E-state index in [1.807, 2.05) is 6.07 Å². The van der Waals surface area contributed by atoms with Gasteiger partial charge in [-0.05, 0) is 37.0 Å². The molecule has 0 amide bonds. The number of aromatic nitrogens is 2. The van der Waals surface area contributed by atoms with E-state index in [4.69, 9.17) is 11.6 Å². The first-order valence-electron chi connectivity index (χ1n) is 6.87. The summed E-state index contributed by atoms with van der Waals surface area (Å²) in [6.45, 7) is 5.61. The molecule has 98 valence electrons.